The Bertz CT molecular complexity index is 761. The molecule has 3 N–H and O–H groups in total. The third-order valence-corrected chi connectivity index (χ3v) is 4.62. The Balaban J connectivity index is 0.00000261. The summed E-state index contributed by atoms with van der Waals surface area (Å²) in [6.07, 6.45) is 2.30. The van der Waals surface area contributed by atoms with Gasteiger partial charge in [0.05, 0.1) is 25.4 Å². The van der Waals surface area contributed by atoms with Crippen molar-refractivity contribution >= 4 is 35.6 Å². The van der Waals surface area contributed by atoms with Crippen molar-refractivity contribution in [3.8, 4) is 11.5 Å². The number of ether oxygens (including phenoxy) is 2. The predicted molar refractivity (Wildman–Crippen MR) is 122 cm³/mol. The van der Waals surface area contributed by atoms with E-state index in [1.165, 1.54) is 5.56 Å². The molecule has 2 aromatic carbocycles. The van der Waals surface area contributed by atoms with E-state index < -0.39 is 0 Å². The molecule has 27 heavy (non-hydrogen) atoms. The third-order valence-electron chi connectivity index (χ3n) is 4.62. The van der Waals surface area contributed by atoms with Crippen LogP contribution in [0.2, 0.25) is 0 Å². The van der Waals surface area contributed by atoms with E-state index in [4.69, 9.17) is 15.2 Å². The third kappa shape index (κ3) is 5.51. The maximum atomic E-state index is 6.15. The highest BCUT2D eigenvalue weighted by Crippen LogP contribution is 2.48. The highest BCUT2D eigenvalue weighted by atomic mass is 127. The lowest BCUT2D eigenvalue weighted by Crippen LogP contribution is -2.25. The predicted octanol–water partition coefficient (Wildman–Crippen LogP) is 4.56. The molecule has 0 heterocycles. The average Bonchev–Trinajstić information content (AvgIpc) is 3.45. The minimum atomic E-state index is 0. The smallest absolute Gasteiger partial charge is 0.193 e. The van der Waals surface area contributed by atoms with Crippen LogP contribution in [0.5, 0.6) is 11.5 Å². The zero-order valence-corrected chi connectivity index (χ0v) is 18.2. The van der Waals surface area contributed by atoms with Gasteiger partial charge >= 0.3 is 0 Å². The second-order valence-electron chi connectivity index (χ2n) is 6.50. The number of hydrogen-bond acceptors (Lipinski definition) is 3. The van der Waals surface area contributed by atoms with Gasteiger partial charge in [-0.25, -0.2) is 0 Å². The maximum Gasteiger partial charge on any atom is 0.193 e. The van der Waals surface area contributed by atoms with Gasteiger partial charge < -0.3 is 20.5 Å². The molecule has 0 saturated heterocycles. The monoisotopic (exact) mass is 481 g/mol. The van der Waals surface area contributed by atoms with Gasteiger partial charge in [-0.05, 0) is 44.4 Å². The van der Waals surface area contributed by atoms with E-state index in [9.17, 15) is 0 Å². The van der Waals surface area contributed by atoms with Gasteiger partial charge in [-0.15, -0.1) is 24.0 Å². The number of aliphatic imine (C=N–C) groups is 1. The molecule has 0 amide bonds. The van der Waals surface area contributed by atoms with Crippen LogP contribution in [0.4, 0.5) is 5.69 Å². The maximum absolute atomic E-state index is 6.15. The molecule has 0 spiro atoms. The lowest BCUT2D eigenvalue weighted by molar-refractivity contribution is 0.332. The molecule has 0 atom stereocenters. The summed E-state index contributed by atoms with van der Waals surface area (Å²) < 4.78 is 11.2. The molecule has 1 saturated carbocycles. The topological polar surface area (TPSA) is 68.9 Å². The van der Waals surface area contributed by atoms with Crippen LogP contribution in [0.1, 0.15) is 32.3 Å². The van der Waals surface area contributed by atoms with Crippen LogP contribution in [0.25, 0.3) is 0 Å². The van der Waals surface area contributed by atoms with Gasteiger partial charge in [-0.3, -0.25) is 4.99 Å². The second kappa shape index (κ2) is 9.82. The summed E-state index contributed by atoms with van der Waals surface area (Å²) in [5, 5.41) is 3.17. The van der Waals surface area contributed by atoms with Crippen molar-refractivity contribution < 1.29 is 9.47 Å². The van der Waals surface area contributed by atoms with Crippen LogP contribution in [0.3, 0.4) is 0 Å². The zero-order valence-electron chi connectivity index (χ0n) is 15.9. The number of guanidine groups is 1. The van der Waals surface area contributed by atoms with E-state index in [2.05, 4.69) is 34.6 Å². The first-order valence-corrected chi connectivity index (χ1v) is 9.19. The number of benzene rings is 2. The van der Waals surface area contributed by atoms with Gasteiger partial charge in [0.25, 0.3) is 0 Å². The molecule has 0 radical (unpaired) electrons. The van der Waals surface area contributed by atoms with E-state index in [0.717, 1.165) is 30.0 Å². The molecule has 1 fully saturated rings. The SMILES string of the molecule is CCOc1ccc(OCC)c(NC(N)=NCC2(c3ccccc3)CC2)c1.I. The number of rotatable bonds is 8. The van der Waals surface area contributed by atoms with E-state index in [-0.39, 0.29) is 29.4 Å². The van der Waals surface area contributed by atoms with Crippen LogP contribution in [-0.4, -0.2) is 25.7 Å². The van der Waals surface area contributed by atoms with Crippen molar-refractivity contribution in [2.24, 2.45) is 10.7 Å². The van der Waals surface area contributed by atoms with Gasteiger partial charge in [0.2, 0.25) is 0 Å². The largest absolute Gasteiger partial charge is 0.494 e. The Labute approximate surface area is 178 Å². The fourth-order valence-electron chi connectivity index (χ4n) is 3.04. The molecule has 3 rings (SSSR count). The number of nitrogens with zero attached hydrogens (tertiary/aromatic N) is 1. The average molecular weight is 481 g/mol. The minimum absolute atomic E-state index is 0. The van der Waals surface area contributed by atoms with Gasteiger partial charge in [-0.2, -0.15) is 0 Å². The number of nitrogens with two attached hydrogens (primary N) is 1. The van der Waals surface area contributed by atoms with Gasteiger partial charge in [0.1, 0.15) is 11.5 Å². The van der Waals surface area contributed by atoms with E-state index in [1.54, 1.807) is 0 Å². The fraction of sp³-hybridized carbons (Fsp3) is 0.381. The Morgan fingerprint density at radius 2 is 1.78 bits per heavy atom. The van der Waals surface area contributed by atoms with E-state index >= 15 is 0 Å². The number of hydrogen-bond donors (Lipinski definition) is 2. The molecule has 0 aliphatic heterocycles. The molecule has 1 aliphatic carbocycles. The first kappa shape index (κ1) is 21.3. The van der Waals surface area contributed by atoms with Crippen LogP contribution in [0, 0.1) is 0 Å². The highest BCUT2D eigenvalue weighted by molar-refractivity contribution is 14.0. The van der Waals surface area contributed by atoms with Gasteiger partial charge in [0, 0.05) is 11.5 Å². The zero-order chi connectivity index (χ0) is 18.4. The number of nitrogens with one attached hydrogen (secondary N) is 1. The first-order chi connectivity index (χ1) is 12.7. The van der Waals surface area contributed by atoms with Crippen LogP contribution in [-0.2, 0) is 5.41 Å². The molecule has 0 bridgehead atoms. The fourth-order valence-corrected chi connectivity index (χ4v) is 3.04. The van der Waals surface area contributed by atoms with E-state index in [1.807, 2.05) is 38.1 Å². The van der Waals surface area contributed by atoms with Crippen molar-refractivity contribution in [2.45, 2.75) is 32.1 Å². The summed E-state index contributed by atoms with van der Waals surface area (Å²) in [5.74, 6) is 1.90. The van der Waals surface area contributed by atoms with Crippen LogP contribution < -0.4 is 20.5 Å². The molecule has 6 heteroatoms. The number of anilines is 1. The Hall–Kier alpha value is -1.96. The molecule has 0 unspecified atom stereocenters. The molecule has 5 nitrogen and oxygen atoms in total. The number of halogens is 1. The molecule has 146 valence electrons. The van der Waals surface area contributed by atoms with Crippen LogP contribution >= 0.6 is 24.0 Å². The summed E-state index contributed by atoms with van der Waals surface area (Å²) >= 11 is 0. The quantitative estimate of drug-likeness (QED) is 0.330. The van der Waals surface area contributed by atoms with Crippen molar-refractivity contribution in [3.05, 3.63) is 54.1 Å². The summed E-state index contributed by atoms with van der Waals surface area (Å²) in [6, 6.07) is 16.2. The van der Waals surface area contributed by atoms with E-state index in [0.29, 0.717) is 25.7 Å². The Morgan fingerprint density at radius 3 is 2.41 bits per heavy atom. The minimum Gasteiger partial charge on any atom is -0.494 e. The molecule has 1 aliphatic rings. The van der Waals surface area contributed by atoms with Crippen LogP contribution in [0.15, 0.2) is 53.5 Å². The molecular formula is C21H28IN3O2. The van der Waals surface area contributed by atoms with Crippen molar-refractivity contribution in [1.29, 1.82) is 0 Å². The van der Waals surface area contributed by atoms with Crippen molar-refractivity contribution in [2.75, 3.05) is 25.1 Å². The van der Waals surface area contributed by atoms with Crippen molar-refractivity contribution in [1.82, 2.24) is 0 Å². The van der Waals surface area contributed by atoms with Gasteiger partial charge in [-0.1, -0.05) is 30.3 Å². The summed E-state index contributed by atoms with van der Waals surface area (Å²) in [6.45, 7) is 5.78. The standard InChI is InChI=1S/C21H27N3O2.HI/c1-3-25-17-10-11-19(26-4-2)18(14-17)24-20(22)23-15-21(12-13-21)16-8-6-5-7-9-16;/h5-11,14H,3-4,12-13,15H2,1-2H3,(H3,22,23,24);1H. The summed E-state index contributed by atoms with van der Waals surface area (Å²) in [7, 11) is 0. The molecule has 2 aromatic rings. The first-order valence-electron chi connectivity index (χ1n) is 9.19. The summed E-state index contributed by atoms with van der Waals surface area (Å²) in [4.78, 5) is 4.59. The normalized spacial score (nSPS) is 14.8. The Kier molecular flexibility index (Phi) is 7.77. The lowest BCUT2D eigenvalue weighted by atomic mass is 9.96. The lowest BCUT2D eigenvalue weighted by Gasteiger charge is -2.16. The Morgan fingerprint density at radius 1 is 1.07 bits per heavy atom. The van der Waals surface area contributed by atoms with Crippen molar-refractivity contribution in [3.63, 3.8) is 0 Å². The van der Waals surface area contributed by atoms with Gasteiger partial charge in [0.15, 0.2) is 5.96 Å². The summed E-state index contributed by atoms with van der Waals surface area (Å²) in [5.41, 5.74) is 8.40. The molecule has 0 aromatic heterocycles. The molecular weight excluding hydrogens is 453 g/mol. The second-order valence-corrected chi connectivity index (χ2v) is 6.50. The highest BCUT2D eigenvalue weighted by Gasteiger charge is 2.43.